The Morgan fingerprint density at radius 3 is 2.20 bits per heavy atom. The van der Waals surface area contributed by atoms with Crippen molar-refractivity contribution in [1.29, 1.82) is 0 Å². The molecular formula is C14H19ClLiO3P. The van der Waals surface area contributed by atoms with Gasteiger partial charge in [0.05, 0.1) is 19.2 Å². The Morgan fingerprint density at radius 2 is 1.85 bits per heavy atom. The van der Waals surface area contributed by atoms with Gasteiger partial charge in [-0.05, 0) is 12.1 Å². The van der Waals surface area contributed by atoms with Gasteiger partial charge in [-0.3, -0.25) is 4.79 Å². The van der Waals surface area contributed by atoms with E-state index in [9.17, 15) is 4.79 Å². The van der Waals surface area contributed by atoms with Gasteiger partial charge in [-0.1, -0.05) is 33.7 Å². The molecule has 0 heterocycles. The summed E-state index contributed by atoms with van der Waals surface area (Å²) in [7, 11) is 5.01. The molecule has 106 valence electrons. The summed E-state index contributed by atoms with van der Waals surface area (Å²) in [5.41, 5.74) is 0.119. The first kappa shape index (κ1) is 19.8. The average Bonchev–Trinajstić information content (AvgIpc) is 2.97. The van der Waals surface area contributed by atoms with Crippen molar-refractivity contribution in [3.05, 3.63) is 29.1 Å². The Kier molecular flexibility index (Phi) is 10.4. The molecule has 1 aliphatic carbocycles. The molecule has 1 saturated carbocycles. The second kappa shape index (κ2) is 10.5. The molecule has 1 aromatic rings. The third-order valence-electron chi connectivity index (χ3n) is 2.81. The summed E-state index contributed by atoms with van der Waals surface area (Å²) in [5, 5.41) is 0.388. The molecule has 0 bridgehead atoms. The van der Waals surface area contributed by atoms with Crippen LogP contribution in [-0.2, 0) is 0 Å². The maximum absolute atomic E-state index is 11.3. The number of carbonyl (C=O) groups is 1. The molecule has 1 unspecified atom stereocenters. The minimum atomic E-state index is -0.221. The second-order valence-corrected chi connectivity index (χ2v) is 5.03. The molecule has 1 fully saturated rings. The van der Waals surface area contributed by atoms with Crippen molar-refractivity contribution in [1.82, 2.24) is 0 Å². The summed E-state index contributed by atoms with van der Waals surface area (Å²) in [6, 6.07) is 3.25. The summed E-state index contributed by atoms with van der Waals surface area (Å²) >= 11 is 5.86. The fourth-order valence-corrected chi connectivity index (χ4v) is 2.37. The van der Waals surface area contributed by atoms with Gasteiger partial charge >= 0.3 is 18.9 Å². The Bertz CT molecular complexity index is 429. The van der Waals surface area contributed by atoms with E-state index in [2.05, 4.69) is 15.7 Å². The van der Waals surface area contributed by atoms with E-state index in [-0.39, 0.29) is 24.4 Å². The Labute approximate surface area is 140 Å². The SMILES string of the molecule is COc1ccc(Cl)c(OC)c1C(=O)P.[CH-]1CCCC1.[Li+]. The van der Waals surface area contributed by atoms with Crippen LogP contribution in [0.4, 0.5) is 0 Å². The van der Waals surface area contributed by atoms with E-state index < -0.39 is 0 Å². The first-order chi connectivity index (χ1) is 9.11. The molecule has 1 aromatic carbocycles. The molecule has 1 atom stereocenters. The molecule has 1 aliphatic rings. The zero-order valence-corrected chi connectivity index (χ0v) is 14.2. The van der Waals surface area contributed by atoms with Crippen LogP contribution < -0.4 is 28.3 Å². The van der Waals surface area contributed by atoms with Crippen LogP contribution in [0.25, 0.3) is 0 Å². The van der Waals surface area contributed by atoms with Crippen LogP contribution in [0.5, 0.6) is 11.5 Å². The molecule has 0 aromatic heterocycles. The standard InChI is InChI=1S/C9H10ClO3P.C5H9.Li/c1-12-6-4-3-5(10)8(13-2)7(6)9(11)14;1-2-4-5-3-1;/h3-4H,14H2,1-2H3;1H,2-5H2;/q;-1;+1. The zero-order valence-electron chi connectivity index (χ0n) is 12.2. The summed E-state index contributed by atoms with van der Waals surface area (Å²) in [6.07, 6.45) is 8.00. The smallest absolute Gasteiger partial charge is 0.496 e. The maximum Gasteiger partial charge on any atom is 1.00 e. The van der Waals surface area contributed by atoms with Gasteiger partial charge in [0.25, 0.3) is 0 Å². The topological polar surface area (TPSA) is 35.5 Å². The first-order valence-corrected chi connectivity index (χ1v) is 7.09. The van der Waals surface area contributed by atoms with Gasteiger partial charge in [0.2, 0.25) is 0 Å². The number of hydrogen-bond donors (Lipinski definition) is 0. The van der Waals surface area contributed by atoms with Gasteiger partial charge in [0.15, 0.2) is 11.3 Å². The molecule has 0 aliphatic heterocycles. The van der Waals surface area contributed by atoms with Crippen LogP contribution in [0.2, 0.25) is 5.02 Å². The summed E-state index contributed by atoms with van der Waals surface area (Å²) in [5.74, 6) is 0.789. The summed E-state index contributed by atoms with van der Waals surface area (Å²) < 4.78 is 10.1. The van der Waals surface area contributed by atoms with E-state index in [1.54, 1.807) is 12.1 Å². The van der Waals surface area contributed by atoms with Gasteiger partial charge in [0.1, 0.15) is 11.3 Å². The number of carbonyl (C=O) groups excluding carboxylic acids is 1. The van der Waals surface area contributed by atoms with E-state index >= 15 is 0 Å². The van der Waals surface area contributed by atoms with Crippen LogP contribution in [-0.4, -0.2) is 19.7 Å². The number of ether oxygens (including phenoxy) is 2. The number of halogens is 1. The van der Waals surface area contributed by atoms with Gasteiger partial charge in [0, 0.05) is 0 Å². The van der Waals surface area contributed by atoms with Crippen molar-refractivity contribution < 1.29 is 33.1 Å². The van der Waals surface area contributed by atoms with Crippen molar-refractivity contribution in [3.63, 3.8) is 0 Å². The van der Waals surface area contributed by atoms with Gasteiger partial charge in [-0.15, -0.1) is 0 Å². The molecule has 6 heteroatoms. The summed E-state index contributed by atoms with van der Waals surface area (Å²) in [6.45, 7) is 0. The Morgan fingerprint density at radius 1 is 1.25 bits per heavy atom. The second-order valence-electron chi connectivity index (χ2n) is 4.10. The maximum atomic E-state index is 11.3. The monoisotopic (exact) mass is 308 g/mol. The van der Waals surface area contributed by atoms with E-state index in [1.807, 2.05) is 0 Å². The van der Waals surface area contributed by atoms with Crippen LogP contribution in [0, 0.1) is 6.42 Å². The molecule has 3 nitrogen and oxygen atoms in total. The quantitative estimate of drug-likeness (QED) is 0.477. The number of methoxy groups -OCH3 is 2. The van der Waals surface area contributed by atoms with Gasteiger partial charge in [-0.25, -0.2) is 0 Å². The van der Waals surface area contributed by atoms with E-state index in [1.165, 1.54) is 39.9 Å². The largest absolute Gasteiger partial charge is 1.00 e. The average molecular weight is 309 g/mol. The van der Waals surface area contributed by atoms with Crippen LogP contribution in [0.15, 0.2) is 12.1 Å². The molecule has 0 saturated heterocycles. The predicted octanol–water partition coefficient (Wildman–Crippen LogP) is 1.14. The fraction of sp³-hybridized carbons (Fsp3) is 0.429. The van der Waals surface area contributed by atoms with Crippen molar-refractivity contribution in [2.24, 2.45) is 0 Å². The number of benzene rings is 1. The molecular weight excluding hydrogens is 290 g/mol. The van der Waals surface area contributed by atoms with Crippen LogP contribution in [0.1, 0.15) is 36.0 Å². The summed E-state index contributed by atoms with van der Waals surface area (Å²) in [4.78, 5) is 11.3. The molecule has 0 N–H and O–H groups in total. The minimum Gasteiger partial charge on any atom is -0.496 e. The third kappa shape index (κ3) is 5.66. The van der Waals surface area contributed by atoms with Gasteiger partial charge < -0.3 is 15.9 Å². The zero-order chi connectivity index (χ0) is 14.3. The van der Waals surface area contributed by atoms with Crippen molar-refractivity contribution in [2.45, 2.75) is 25.7 Å². The van der Waals surface area contributed by atoms with E-state index in [0.717, 1.165) is 0 Å². The first-order valence-electron chi connectivity index (χ1n) is 6.13. The van der Waals surface area contributed by atoms with E-state index in [4.69, 9.17) is 21.1 Å². The molecule has 20 heavy (non-hydrogen) atoms. The third-order valence-corrected chi connectivity index (χ3v) is 3.39. The van der Waals surface area contributed by atoms with Crippen molar-refractivity contribution in [3.8, 4) is 11.5 Å². The van der Waals surface area contributed by atoms with Crippen molar-refractivity contribution >= 4 is 26.4 Å². The van der Waals surface area contributed by atoms with Crippen molar-refractivity contribution in [2.75, 3.05) is 14.2 Å². The molecule has 2 rings (SSSR count). The van der Waals surface area contributed by atoms with Crippen LogP contribution >= 0.6 is 20.8 Å². The number of rotatable bonds is 3. The Balaban J connectivity index is 0.000000507. The van der Waals surface area contributed by atoms with Crippen LogP contribution in [0.3, 0.4) is 0 Å². The normalized spacial score (nSPS) is 12.8. The number of hydrogen-bond acceptors (Lipinski definition) is 3. The minimum absolute atomic E-state index is 0. The van der Waals surface area contributed by atoms with Gasteiger partial charge in [-0.2, -0.15) is 12.8 Å². The fourth-order valence-electron chi connectivity index (χ4n) is 1.86. The Hall–Kier alpha value is -0.193. The molecule has 0 radical (unpaired) electrons. The predicted molar refractivity (Wildman–Crippen MR) is 81.4 cm³/mol. The van der Waals surface area contributed by atoms with E-state index in [0.29, 0.717) is 22.1 Å². The molecule has 0 spiro atoms. The molecule has 0 amide bonds.